The van der Waals surface area contributed by atoms with Crippen LogP contribution in [0.1, 0.15) is 31.8 Å². The van der Waals surface area contributed by atoms with Gasteiger partial charge in [-0.3, -0.25) is 9.88 Å². The topological polar surface area (TPSA) is 68.2 Å². The fraction of sp³-hybridized carbons (Fsp3) is 0.333. The largest absolute Gasteiger partial charge is 0.370 e. The third-order valence-corrected chi connectivity index (χ3v) is 4.00. The van der Waals surface area contributed by atoms with Crippen LogP contribution in [0.15, 0.2) is 40.9 Å². The smallest absolute Gasteiger partial charge is 0.212 e. The van der Waals surface area contributed by atoms with Crippen LogP contribution in [0.5, 0.6) is 0 Å². The number of nitrogens with two attached hydrogens (primary N) is 1. The van der Waals surface area contributed by atoms with E-state index in [1.54, 1.807) is 0 Å². The molecule has 5 heteroatoms. The zero-order valence-corrected chi connectivity index (χ0v) is 11.2. The van der Waals surface area contributed by atoms with Crippen molar-refractivity contribution >= 4 is 22.9 Å². The van der Waals surface area contributed by atoms with Crippen molar-refractivity contribution in [2.24, 2.45) is 10.7 Å². The highest BCUT2D eigenvalue weighted by Crippen LogP contribution is 2.35. The minimum absolute atomic E-state index is 0.0426. The first-order valence-electron chi connectivity index (χ1n) is 7.09. The van der Waals surface area contributed by atoms with Crippen LogP contribution in [0.2, 0.25) is 0 Å². The predicted octanol–water partition coefficient (Wildman–Crippen LogP) is 2.78. The van der Waals surface area contributed by atoms with Crippen molar-refractivity contribution < 1.29 is 0 Å². The van der Waals surface area contributed by atoms with Crippen LogP contribution in [-0.4, -0.2) is 15.5 Å². The minimum atomic E-state index is -0.0426. The first kappa shape index (κ1) is 11.5. The molecule has 0 amide bonds. The van der Waals surface area contributed by atoms with Gasteiger partial charge in [-0.05, 0) is 43.4 Å². The average molecular weight is 267 g/mol. The van der Waals surface area contributed by atoms with E-state index in [2.05, 4.69) is 32.0 Å². The fourth-order valence-corrected chi connectivity index (χ4v) is 3.06. The summed E-state index contributed by atoms with van der Waals surface area (Å²) in [6, 6.07) is 8.14. The molecule has 5 nitrogen and oxygen atoms in total. The molecule has 0 spiro atoms. The monoisotopic (exact) mass is 267 g/mol. The number of benzene rings is 1. The summed E-state index contributed by atoms with van der Waals surface area (Å²) in [5, 5.41) is 3.07. The number of para-hydroxylation sites is 2. The van der Waals surface area contributed by atoms with Crippen LogP contribution in [0, 0.1) is 0 Å². The first-order valence-corrected chi connectivity index (χ1v) is 7.09. The van der Waals surface area contributed by atoms with Gasteiger partial charge in [-0.15, -0.1) is 0 Å². The summed E-state index contributed by atoms with van der Waals surface area (Å²) in [6.07, 6.45) is 7.00. The van der Waals surface area contributed by atoms with E-state index in [1.807, 2.05) is 18.2 Å². The molecule has 0 radical (unpaired) electrons. The van der Waals surface area contributed by atoms with Crippen molar-refractivity contribution in [2.45, 2.75) is 31.8 Å². The van der Waals surface area contributed by atoms with Crippen LogP contribution in [0.3, 0.4) is 0 Å². The lowest BCUT2D eigenvalue weighted by atomic mass is 9.97. The highest BCUT2D eigenvalue weighted by molar-refractivity contribution is 5.94. The Kier molecular flexibility index (Phi) is 2.52. The quantitative estimate of drug-likeness (QED) is 0.781. The molecule has 4 rings (SSSR count). The summed E-state index contributed by atoms with van der Waals surface area (Å²) in [4.78, 5) is 9.22. The zero-order valence-electron chi connectivity index (χ0n) is 11.2. The number of hydrogen-bond donors (Lipinski definition) is 2. The number of anilines is 1. The lowest BCUT2D eigenvalue weighted by Gasteiger charge is -2.27. The van der Waals surface area contributed by atoms with Gasteiger partial charge in [-0.2, -0.15) is 0 Å². The highest BCUT2D eigenvalue weighted by Gasteiger charge is 2.26. The summed E-state index contributed by atoms with van der Waals surface area (Å²) in [6.45, 7) is 0. The molecule has 0 bridgehead atoms. The van der Waals surface area contributed by atoms with Crippen LogP contribution >= 0.6 is 0 Å². The van der Waals surface area contributed by atoms with Gasteiger partial charge in [0.1, 0.15) is 0 Å². The third-order valence-electron chi connectivity index (χ3n) is 4.00. The van der Waals surface area contributed by atoms with Crippen molar-refractivity contribution in [1.82, 2.24) is 9.55 Å². The minimum Gasteiger partial charge on any atom is -0.370 e. The molecule has 102 valence electrons. The molecule has 20 heavy (non-hydrogen) atoms. The molecule has 1 aliphatic heterocycles. The molecule has 1 unspecified atom stereocenters. The maximum atomic E-state index is 5.93. The Hall–Kier alpha value is -2.30. The Bertz CT molecular complexity index is 725. The maximum Gasteiger partial charge on any atom is 0.212 e. The van der Waals surface area contributed by atoms with Crippen molar-refractivity contribution in [2.75, 3.05) is 5.32 Å². The Morgan fingerprint density at radius 1 is 1.25 bits per heavy atom. The van der Waals surface area contributed by atoms with E-state index in [1.165, 1.54) is 18.4 Å². The second-order valence-corrected chi connectivity index (χ2v) is 5.33. The number of guanidine groups is 1. The van der Waals surface area contributed by atoms with Gasteiger partial charge in [0, 0.05) is 0 Å². The number of aliphatic imine (C=N–C) groups is 1. The second-order valence-electron chi connectivity index (χ2n) is 5.33. The summed E-state index contributed by atoms with van der Waals surface area (Å²) >= 11 is 0. The molecule has 2 aromatic rings. The molecule has 1 aromatic heterocycles. The molecule has 1 aliphatic carbocycles. The highest BCUT2D eigenvalue weighted by atomic mass is 15.4. The van der Waals surface area contributed by atoms with Gasteiger partial charge in [0.05, 0.1) is 11.0 Å². The molecule has 0 saturated heterocycles. The molecule has 2 heterocycles. The van der Waals surface area contributed by atoms with Crippen LogP contribution < -0.4 is 11.1 Å². The number of hydrogen-bond acceptors (Lipinski definition) is 4. The normalized spacial score (nSPS) is 21.9. The van der Waals surface area contributed by atoms with E-state index < -0.39 is 0 Å². The van der Waals surface area contributed by atoms with Crippen molar-refractivity contribution in [3.8, 4) is 0 Å². The molecule has 1 aromatic carbocycles. The SMILES string of the molecule is NC1=NC(C2=CCCCC2)n2c(nc3ccccc32)N1. The van der Waals surface area contributed by atoms with E-state index in [4.69, 9.17) is 5.73 Å². The Labute approximate surface area is 117 Å². The Morgan fingerprint density at radius 2 is 2.15 bits per heavy atom. The van der Waals surface area contributed by atoms with Gasteiger partial charge < -0.3 is 5.73 Å². The molecule has 0 saturated carbocycles. The van der Waals surface area contributed by atoms with Gasteiger partial charge in [0.15, 0.2) is 12.1 Å². The number of allylic oxidation sites excluding steroid dienone is 1. The maximum absolute atomic E-state index is 5.93. The number of nitrogens with zero attached hydrogens (tertiary/aromatic N) is 3. The third kappa shape index (κ3) is 1.70. The van der Waals surface area contributed by atoms with Gasteiger partial charge in [0.25, 0.3) is 0 Å². The summed E-state index contributed by atoms with van der Waals surface area (Å²) < 4.78 is 2.16. The fourth-order valence-electron chi connectivity index (χ4n) is 3.06. The Balaban J connectivity index is 1.91. The molecule has 3 N–H and O–H groups in total. The van der Waals surface area contributed by atoms with Gasteiger partial charge in [0.2, 0.25) is 5.95 Å². The van der Waals surface area contributed by atoms with E-state index >= 15 is 0 Å². The summed E-state index contributed by atoms with van der Waals surface area (Å²) in [5.74, 6) is 1.24. The molecule has 0 fully saturated rings. The lowest BCUT2D eigenvalue weighted by molar-refractivity contribution is 0.553. The Morgan fingerprint density at radius 3 is 3.00 bits per heavy atom. The van der Waals surface area contributed by atoms with E-state index in [0.29, 0.717) is 5.96 Å². The summed E-state index contributed by atoms with van der Waals surface area (Å²) in [7, 11) is 0. The second kappa shape index (κ2) is 4.37. The van der Waals surface area contributed by atoms with E-state index in [9.17, 15) is 0 Å². The molecular weight excluding hydrogens is 250 g/mol. The van der Waals surface area contributed by atoms with E-state index in [0.717, 1.165) is 29.8 Å². The number of rotatable bonds is 1. The number of imidazole rings is 1. The first-order chi connectivity index (χ1) is 9.83. The summed E-state index contributed by atoms with van der Waals surface area (Å²) in [5.41, 5.74) is 9.35. The molecule has 1 atom stereocenters. The van der Waals surface area contributed by atoms with Gasteiger partial charge in [-0.1, -0.05) is 18.2 Å². The predicted molar refractivity (Wildman–Crippen MR) is 80.6 cm³/mol. The molecule has 2 aliphatic rings. The standard InChI is InChI=1S/C15H17N5/c16-14-18-13(10-6-2-1-3-7-10)20-12-9-5-4-8-11(12)17-15(20)19-14/h4-6,8-9,13H,1-3,7H2,(H3,16,17,18,19). The van der Waals surface area contributed by atoms with Crippen molar-refractivity contribution in [3.63, 3.8) is 0 Å². The van der Waals surface area contributed by atoms with Gasteiger partial charge in [-0.25, -0.2) is 9.98 Å². The molecular formula is C15H17N5. The van der Waals surface area contributed by atoms with Crippen molar-refractivity contribution in [3.05, 3.63) is 35.9 Å². The lowest BCUT2D eigenvalue weighted by Crippen LogP contribution is -2.32. The van der Waals surface area contributed by atoms with Gasteiger partial charge >= 0.3 is 0 Å². The average Bonchev–Trinajstić information content (AvgIpc) is 2.85. The van der Waals surface area contributed by atoms with Crippen molar-refractivity contribution in [1.29, 1.82) is 0 Å². The number of nitrogens with one attached hydrogen (secondary N) is 1. The number of fused-ring (bicyclic) bond motifs is 3. The zero-order chi connectivity index (χ0) is 13.5. The number of aromatic nitrogens is 2. The van der Waals surface area contributed by atoms with E-state index in [-0.39, 0.29) is 6.17 Å². The van der Waals surface area contributed by atoms with Crippen LogP contribution in [-0.2, 0) is 0 Å². The van der Waals surface area contributed by atoms with Crippen LogP contribution in [0.25, 0.3) is 11.0 Å². The van der Waals surface area contributed by atoms with Crippen LogP contribution in [0.4, 0.5) is 5.95 Å².